The number of amides is 1. The Hall–Kier alpha value is -1.77. The molecule has 6 nitrogen and oxygen atoms in total. The molecule has 0 aliphatic carbocycles. The van der Waals surface area contributed by atoms with E-state index in [2.05, 4.69) is 22.1 Å². The predicted molar refractivity (Wildman–Crippen MR) is 113 cm³/mol. The van der Waals surface area contributed by atoms with Crippen molar-refractivity contribution in [2.45, 2.75) is 50.3 Å². The summed E-state index contributed by atoms with van der Waals surface area (Å²) in [7, 11) is -3.34. The van der Waals surface area contributed by atoms with Crippen molar-refractivity contribution in [3.8, 4) is 0 Å². The minimum Gasteiger partial charge on any atom is -0.298 e. The number of benzene rings is 1. The summed E-state index contributed by atoms with van der Waals surface area (Å²) in [5, 5.41) is 4.85. The van der Waals surface area contributed by atoms with E-state index in [4.69, 9.17) is 0 Å². The lowest BCUT2D eigenvalue weighted by Crippen LogP contribution is -2.32. The first-order chi connectivity index (χ1) is 13.3. The van der Waals surface area contributed by atoms with Crippen molar-refractivity contribution >= 4 is 32.2 Å². The van der Waals surface area contributed by atoms with Gasteiger partial charge in [-0.15, -0.1) is 11.3 Å². The van der Waals surface area contributed by atoms with E-state index in [0.29, 0.717) is 10.7 Å². The van der Waals surface area contributed by atoms with Gasteiger partial charge in [0.05, 0.1) is 15.8 Å². The Kier molecular flexibility index (Phi) is 6.52. The molecule has 1 N–H and O–H groups in total. The van der Waals surface area contributed by atoms with E-state index in [-0.39, 0.29) is 10.8 Å². The molecule has 1 aromatic heterocycles. The van der Waals surface area contributed by atoms with Crippen molar-refractivity contribution in [3.05, 3.63) is 40.9 Å². The van der Waals surface area contributed by atoms with Gasteiger partial charge in [0, 0.05) is 17.5 Å². The first-order valence-electron chi connectivity index (χ1n) is 9.58. The van der Waals surface area contributed by atoms with Crippen LogP contribution in [0, 0.1) is 5.92 Å². The average Bonchev–Trinajstić information content (AvgIpc) is 3.10. The summed E-state index contributed by atoms with van der Waals surface area (Å²) < 4.78 is 24.4. The van der Waals surface area contributed by atoms with E-state index in [1.165, 1.54) is 48.4 Å². The Labute approximate surface area is 170 Å². The zero-order chi connectivity index (χ0) is 20.3. The van der Waals surface area contributed by atoms with Crippen molar-refractivity contribution in [1.82, 2.24) is 9.88 Å². The number of nitrogens with zero attached hydrogens (tertiary/aromatic N) is 2. The van der Waals surface area contributed by atoms with Gasteiger partial charge in [-0.3, -0.25) is 15.0 Å². The average molecular weight is 422 g/mol. The molecule has 1 amide bonds. The minimum atomic E-state index is -3.34. The smallest absolute Gasteiger partial charge is 0.257 e. The van der Waals surface area contributed by atoms with Crippen LogP contribution in [0.15, 0.2) is 34.5 Å². The minimum absolute atomic E-state index is 0.228. The van der Waals surface area contributed by atoms with Crippen LogP contribution < -0.4 is 5.32 Å². The third-order valence-electron chi connectivity index (χ3n) is 5.10. The van der Waals surface area contributed by atoms with Gasteiger partial charge in [0.1, 0.15) is 0 Å². The summed E-state index contributed by atoms with van der Waals surface area (Å²) in [6.07, 6.45) is 2.44. The molecule has 2 heterocycles. The van der Waals surface area contributed by atoms with E-state index in [1.807, 2.05) is 5.38 Å². The molecule has 8 heteroatoms. The fourth-order valence-corrected chi connectivity index (χ4v) is 4.88. The molecular formula is C20H27N3O3S2. The predicted octanol–water partition coefficient (Wildman–Crippen LogP) is 3.81. The Bertz CT molecular complexity index is 912. The van der Waals surface area contributed by atoms with Crippen molar-refractivity contribution in [3.63, 3.8) is 0 Å². The second-order valence-electron chi connectivity index (χ2n) is 7.67. The number of rotatable bonds is 6. The maximum atomic E-state index is 12.4. The molecule has 1 aliphatic rings. The van der Waals surface area contributed by atoms with Gasteiger partial charge in [-0.2, -0.15) is 0 Å². The molecule has 0 bridgehead atoms. The molecule has 1 aliphatic heterocycles. The lowest BCUT2D eigenvalue weighted by atomic mass is 9.99. The van der Waals surface area contributed by atoms with Crippen molar-refractivity contribution in [2.24, 2.45) is 5.92 Å². The molecule has 1 saturated heterocycles. The number of likely N-dealkylation sites (tertiary alicyclic amines) is 1. The van der Waals surface area contributed by atoms with Crippen LogP contribution in [-0.4, -0.2) is 42.5 Å². The lowest BCUT2D eigenvalue weighted by Gasteiger charge is -2.29. The number of aromatic nitrogens is 1. The highest BCUT2D eigenvalue weighted by molar-refractivity contribution is 7.92. The Balaban J connectivity index is 1.60. The topological polar surface area (TPSA) is 79.4 Å². The number of piperidine rings is 1. The van der Waals surface area contributed by atoms with Gasteiger partial charge in [-0.1, -0.05) is 6.92 Å². The zero-order valence-electron chi connectivity index (χ0n) is 16.5. The summed E-state index contributed by atoms with van der Waals surface area (Å²) in [5.74, 6) is 0.504. The summed E-state index contributed by atoms with van der Waals surface area (Å²) in [6, 6.07) is 6.03. The fourth-order valence-electron chi connectivity index (χ4n) is 3.12. The quantitative estimate of drug-likeness (QED) is 0.767. The molecule has 0 atom stereocenters. The van der Waals surface area contributed by atoms with Gasteiger partial charge >= 0.3 is 0 Å². The van der Waals surface area contributed by atoms with Crippen LogP contribution in [0.5, 0.6) is 0 Å². The highest BCUT2D eigenvalue weighted by Crippen LogP contribution is 2.22. The monoisotopic (exact) mass is 421 g/mol. The van der Waals surface area contributed by atoms with E-state index < -0.39 is 15.1 Å². The standard InChI is InChI=1S/C20H27N3O3S2/c1-14(2)28(25,26)18-6-4-16(5-7-18)19(24)22-20-21-17(13-27-20)12-23-10-8-15(3)9-11-23/h4-7,13-15H,8-12H2,1-3H3,(H,21,22,24). The van der Waals surface area contributed by atoms with Gasteiger partial charge in [0.25, 0.3) is 5.91 Å². The molecule has 3 rings (SSSR count). The number of carbonyl (C=O) groups is 1. The number of sulfone groups is 1. The fraction of sp³-hybridized carbons (Fsp3) is 0.500. The molecule has 1 fully saturated rings. The van der Waals surface area contributed by atoms with E-state index in [9.17, 15) is 13.2 Å². The second-order valence-corrected chi connectivity index (χ2v) is 11.0. The van der Waals surface area contributed by atoms with Crippen molar-refractivity contribution < 1.29 is 13.2 Å². The highest BCUT2D eigenvalue weighted by Gasteiger charge is 2.20. The molecule has 2 aromatic rings. The Morgan fingerprint density at radius 2 is 1.89 bits per heavy atom. The molecular weight excluding hydrogens is 394 g/mol. The normalized spacial score (nSPS) is 16.4. The van der Waals surface area contributed by atoms with Crippen LogP contribution >= 0.6 is 11.3 Å². The third kappa shape index (κ3) is 4.98. The molecule has 28 heavy (non-hydrogen) atoms. The number of anilines is 1. The summed E-state index contributed by atoms with van der Waals surface area (Å²) in [6.45, 7) is 8.55. The Morgan fingerprint density at radius 1 is 1.25 bits per heavy atom. The van der Waals surface area contributed by atoms with Crippen LogP contribution in [0.2, 0.25) is 0 Å². The third-order valence-corrected chi connectivity index (χ3v) is 8.08. The summed E-state index contributed by atoms with van der Waals surface area (Å²) in [5.41, 5.74) is 1.37. The van der Waals surface area contributed by atoms with Gasteiger partial charge in [0.2, 0.25) is 0 Å². The number of nitrogens with one attached hydrogen (secondary N) is 1. The largest absolute Gasteiger partial charge is 0.298 e. The van der Waals surface area contributed by atoms with Gasteiger partial charge in [-0.25, -0.2) is 13.4 Å². The Morgan fingerprint density at radius 3 is 2.50 bits per heavy atom. The molecule has 1 aromatic carbocycles. The number of carbonyl (C=O) groups excluding carboxylic acids is 1. The number of thiazole rings is 1. The van der Waals surface area contributed by atoms with Gasteiger partial charge < -0.3 is 0 Å². The molecule has 0 saturated carbocycles. The van der Waals surface area contributed by atoms with Gasteiger partial charge in [-0.05, 0) is 70.0 Å². The van der Waals surface area contributed by atoms with Crippen LogP contribution in [0.1, 0.15) is 49.7 Å². The van der Waals surface area contributed by atoms with E-state index >= 15 is 0 Å². The molecule has 0 unspecified atom stereocenters. The van der Waals surface area contributed by atoms with Crippen molar-refractivity contribution in [2.75, 3.05) is 18.4 Å². The number of hydrogen-bond acceptors (Lipinski definition) is 6. The highest BCUT2D eigenvalue weighted by atomic mass is 32.2. The van der Waals surface area contributed by atoms with Crippen LogP contribution in [-0.2, 0) is 16.4 Å². The summed E-state index contributed by atoms with van der Waals surface area (Å²) >= 11 is 1.41. The maximum Gasteiger partial charge on any atom is 0.257 e. The SMILES string of the molecule is CC1CCN(Cc2csc(NC(=O)c3ccc(S(=O)(=O)C(C)C)cc3)n2)CC1. The molecule has 0 radical (unpaired) electrons. The lowest BCUT2D eigenvalue weighted by molar-refractivity contribution is 0.102. The first-order valence-corrected chi connectivity index (χ1v) is 12.0. The zero-order valence-corrected chi connectivity index (χ0v) is 18.1. The van der Waals surface area contributed by atoms with E-state index in [0.717, 1.165) is 31.2 Å². The first kappa shape index (κ1) is 21.0. The second kappa shape index (κ2) is 8.71. The van der Waals surface area contributed by atoms with Crippen LogP contribution in [0.3, 0.4) is 0 Å². The maximum absolute atomic E-state index is 12.4. The number of hydrogen-bond donors (Lipinski definition) is 1. The van der Waals surface area contributed by atoms with Crippen LogP contribution in [0.25, 0.3) is 0 Å². The van der Waals surface area contributed by atoms with E-state index in [1.54, 1.807) is 13.8 Å². The molecule has 0 spiro atoms. The summed E-state index contributed by atoms with van der Waals surface area (Å²) in [4.78, 5) is 19.6. The van der Waals surface area contributed by atoms with Crippen molar-refractivity contribution in [1.29, 1.82) is 0 Å². The van der Waals surface area contributed by atoms with Crippen LogP contribution in [0.4, 0.5) is 5.13 Å². The molecule has 152 valence electrons. The van der Waals surface area contributed by atoms with Gasteiger partial charge in [0.15, 0.2) is 15.0 Å².